The molecule has 1 saturated heterocycles. The van der Waals surface area contributed by atoms with Gasteiger partial charge < -0.3 is 4.90 Å². The Morgan fingerprint density at radius 3 is 2.57 bits per heavy atom. The molecule has 0 aliphatic carbocycles. The number of piperazine rings is 1. The van der Waals surface area contributed by atoms with Gasteiger partial charge in [0.1, 0.15) is 12.1 Å². The highest BCUT2D eigenvalue weighted by molar-refractivity contribution is 5.92. The summed E-state index contributed by atoms with van der Waals surface area (Å²) in [5, 5.41) is 1.21. The summed E-state index contributed by atoms with van der Waals surface area (Å²) in [5.41, 5.74) is 2.30. The quantitative estimate of drug-likeness (QED) is 0.867. The fourth-order valence-electron chi connectivity index (χ4n) is 3.16. The Morgan fingerprint density at radius 1 is 1.10 bits per heavy atom. The van der Waals surface area contributed by atoms with Crippen LogP contribution < -0.4 is 4.90 Å². The highest BCUT2D eigenvalue weighted by Crippen LogP contribution is 2.26. The summed E-state index contributed by atoms with van der Waals surface area (Å²) in [5.74, 6) is 1.83. The second-order valence-electron chi connectivity index (χ2n) is 6.35. The Morgan fingerprint density at radius 2 is 1.86 bits per heavy atom. The van der Waals surface area contributed by atoms with Crippen molar-refractivity contribution in [2.45, 2.75) is 20.8 Å². The van der Waals surface area contributed by atoms with Crippen molar-refractivity contribution in [2.24, 2.45) is 5.92 Å². The zero-order valence-corrected chi connectivity index (χ0v) is 13.2. The lowest BCUT2D eigenvalue weighted by Crippen LogP contribution is -2.47. The molecule has 0 saturated carbocycles. The lowest BCUT2D eigenvalue weighted by atomic mass is 10.1. The first kappa shape index (κ1) is 14.3. The van der Waals surface area contributed by atoms with Crippen LogP contribution in [0.5, 0.6) is 0 Å². The van der Waals surface area contributed by atoms with E-state index in [0.717, 1.165) is 43.4 Å². The Labute approximate surface area is 126 Å². The van der Waals surface area contributed by atoms with Crippen molar-refractivity contribution in [3.05, 3.63) is 30.1 Å². The number of rotatable bonds is 3. The van der Waals surface area contributed by atoms with E-state index in [4.69, 9.17) is 0 Å². The molecule has 0 amide bonds. The second kappa shape index (κ2) is 5.98. The first-order valence-electron chi connectivity index (χ1n) is 7.83. The molecule has 0 radical (unpaired) electrons. The molecular weight excluding hydrogens is 260 g/mol. The molecule has 0 bridgehead atoms. The molecule has 4 nitrogen and oxygen atoms in total. The Bertz CT molecular complexity index is 610. The van der Waals surface area contributed by atoms with Crippen LogP contribution in [0, 0.1) is 12.8 Å². The minimum absolute atomic E-state index is 0.735. The van der Waals surface area contributed by atoms with Gasteiger partial charge in [-0.1, -0.05) is 26.0 Å². The van der Waals surface area contributed by atoms with E-state index in [1.165, 1.54) is 17.5 Å². The lowest BCUT2D eigenvalue weighted by Gasteiger charge is -2.36. The molecule has 1 fully saturated rings. The molecule has 1 aromatic heterocycles. The molecule has 1 aliphatic heterocycles. The normalized spacial score (nSPS) is 16.9. The molecule has 2 aromatic rings. The van der Waals surface area contributed by atoms with E-state index in [1.54, 1.807) is 6.33 Å². The third kappa shape index (κ3) is 3.00. The molecule has 2 heterocycles. The lowest BCUT2D eigenvalue weighted by molar-refractivity contribution is 0.231. The second-order valence-corrected chi connectivity index (χ2v) is 6.35. The van der Waals surface area contributed by atoms with Crippen LogP contribution in [-0.2, 0) is 0 Å². The number of anilines is 1. The number of aryl methyl sites for hydroxylation is 1. The van der Waals surface area contributed by atoms with Gasteiger partial charge in [-0.25, -0.2) is 9.97 Å². The molecule has 4 heteroatoms. The number of benzene rings is 1. The molecule has 1 aliphatic rings. The van der Waals surface area contributed by atoms with Crippen molar-refractivity contribution in [2.75, 3.05) is 37.6 Å². The molecular formula is C17H24N4. The fraction of sp³-hybridized carbons (Fsp3) is 0.529. The standard InChI is InChI=1S/C17H24N4/c1-13(2)11-20-7-9-21(10-8-20)17-16-14(3)5-4-6-15(16)18-12-19-17/h4-6,12-13H,7-11H2,1-3H3. The summed E-state index contributed by atoms with van der Waals surface area (Å²) in [6.45, 7) is 12.2. The zero-order valence-electron chi connectivity index (χ0n) is 13.2. The van der Waals surface area contributed by atoms with Gasteiger partial charge in [0.2, 0.25) is 0 Å². The monoisotopic (exact) mass is 284 g/mol. The Hall–Kier alpha value is -1.68. The predicted octanol–water partition coefficient (Wildman–Crippen LogP) is 2.72. The summed E-state index contributed by atoms with van der Waals surface area (Å²) in [6.07, 6.45) is 1.69. The number of hydrogen-bond acceptors (Lipinski definition) is 4. The molecule has 0 unspecified atom stereocenters. The van der Waals surface area contributed by atoms with E-state index in [-0.39, 0.29) is 0 Å². The highest BCUT2D eigenvalue weighted by atomic mass is 15.3. The maximum atomic E-state index is 4.57. The van der Waals surface area contributed by atoms with Gasteiger partial charge in [-0.15, -0.1) is 0 Å². The molecule has 0 spiro atoms. The summed E-state index contributed by atoms with van der Waals surface area (Å²) in [7, 11) is 0. The van der Waals surface area contributed by atoms with E-state index in [2.05, 4.69) is 58.7 Å². The van der Waals surface area contributed by atoms with Gasteiger partial charge in [0, 0.05) is 38.1 Å². The zero-order chi connectivity index (χ0) is 14.8. The molecule has 0 N–H and O–H groups in total. The van der Waals surface area contributed by atoms with Crippen LogP contribution in [0.15, 0.2) is 24.5 Å². The summed E-state index contributed by atoms with van der Waals surface area (Å²) >= 11 is 0. The first-order chi connectivity index (χ1) is 10.1. The number of hydrogen-bond donors (Lipinski definition) is 0. The van der Waals surface area contributed by atoms with Crippen molar-refractivity contribution in [1.29, 1.82) is 0 Å². The van der Waals surface area contributed by atoms with Gasteiger partial charge in [0.25, 0.3) is 0 Å². The van der Waals surface area contributed by atoms with Crippen LogP contribution >= 0.6 is 0 Å². The van der Waals surface area contributed by atoms with Gasteiger partial charge in [-0.3, -0.25) is 4.90 Å². The number of fused-ring (bicyclic) bond motifs is 1. The predicted molar refractivity (Wildman–Crippen MR) is 87.8 cm³/mol. The van der Waals surface area contributed by atoms with Crippen molar-refractivity contribution >= 4 is 16.7 Å². The minimum Gasteiger partial charge on any atom is -0.353 e. The third-order valence-corrected chi connectivity index (χ3v) is 4.15. The van der Waals surface area contributed by atoms with E-state index >= 15 is 0 Å². The van der Waals surface area contributed by atoms with Gasteiger partial charge in [0.15, 0.2) is 0 Å². The number of aromatic nitrogens is 2. The molecule has 21 heavy (non-hydrogen) atoms. The fourth-order valence-corrected chi connectivity index (χ4v) is 3.16. The third-order valence-electron chi connectivity index (χ3n) is 4.15. The van der Waals surface area contributed by atoms with Crippen molar-refractivity contribution in [3.8, 4) is 0 Å². The van der Waals surface area contributed by atoms with Crippen molar-refractivity contribution in [1.82, 2.24) is 14.9 Å². The summed E-state index contributed by atoms with van der Waals surface area (Å²) in [6, 6.07) is 6.28. The largest absolute Gasteiger partial charge is 0.353 e. The Balaban J connectivity index is 1.83. The minimum atomic E-state index is 0.735. The molecule has 3 rings (SSSR count). The summed E-state index contributed by atoms with van der Waals surface area (Å²) < 4.78 is 0. The van der Waals surface area contributed by atoms with Crippen molar-refractivity contribution in [3.63, 3.8) is 0 Å². The van der Waals surface area contributed by atoms with Gasteiger partial charge >= 0.3 is 0 Å². The van der Waals surface area contributed by atoms with Crippen molar-refractivity contribution < 1.29 is 0 Å². The van der Waals surface area contributed by atoms with Crippen LogP contribution in [0.2, 0.25) is 0 Å². The van der Waals surface area contributed by atoms with E-state index in [0.29, 0.717) is 0 Å². The summed E-state index contributed by atoms with van der Waals surface area (Å²) in [4.78, 5) is 13.9. The maximum absolute atomic E-state index is 4.57. The van der Waals surface area contributed by atoms with E-state index in [9.17, 15) is 0 Å². The van der Waals surface area contributed by atoms with Gasteiger partial charge in [0.05, 0.1) is 5.52 Å². The van der Waals surface area contributed by atoms with Crippen LogP contribution in [0.25, 0.3) is 10.9 Å². The SMILES string of the molecule is Cc1cccc2ncnc(N3CCN(CC(C)C)CC3)c12. The van der Waals surface area contributed by atoms with Crippen LogP contribution in [-0.4, -0.2) is 47.6 Å². The van der Waals surface area contributed by atoms with Gasteiger partial charge in [-0.2, -0.15) is 0 Å². The topological polar surface area (TPSA) is 32.3 Å². The molecule has 0 atom stereocenters. The molecule has 1 aromatic carbocycles. The van der Waals surface area contributed by atoms with Crippen LogP contribution in [0.3, 0.4) is 0 Å². The van der Waals surface area contributed by atoms with Gasteiger partial charge in [-0.05, 0) is 24.5 Å². The smallest absolute Gasteiger partial charge is 0.140 e. The molecule has 112 valence electrons. The maximum Gasteiger partial charge on any atom is 0.140 e. The van der Waals surface area contributed by atoms with Crippen LogP contribution in [0.1, 0.15) is 19.4 Å². The Kier molecular flexibility index (Phi) is 4.06. The van der Waals surface area contributed by atoms with E-state index in [1.807, 2.05) is 0 Å². The highest BCUT2D eigenvalue weighted by Gasteiger charge is 2.20. The average Bonchev–Trinajstić information content (AvgIpc) is 2.47. The van der Waals surface area contributed by atoms with E-state index < -0.39 is 0 Å². The first-order valence-corrected chi connectivity index (χ1v) is 7.83. The average molecular weight is 284 g/mol. The van der Waals surface area contributed by atoms with Crippen LogP contribution in [0.4, 0.5) is 5.82 Å². The number of nitrogens with zero attached hydrogens (tertiary/aromatic N) is 4.